The molecular weight excluding hydrogens is 547 g/mol. The number of nitrogens with zero attached hydrogens (tertiary/aromatic N) is 4. The average Bonchev–Trinajstić information content (AvgIpc) is 3.18. The van der Waals surface area contributed by atoms with Crippen LogP contribution in [-0.4, -0.2) is 41.8 Å². The fourth-order valence-electron chi connectivity index (χ4n) is 2.79. The molecule has 2 unspecified atom stereocenters. The van der Waals surface area contributed by atoms with Crippen LogP contribution in [0.1, 0.15) is 34.7 Å². The first-order valence-corrected chi connectivity index (χ1v) is 11.4. The topological polar surface area (TPSA) is 89.8 Å². The Balaban J connectivity index is 1.96. The molecule has 1 amide bonds. The van der Waals surface area contributed by atoms with Crippen molar-refractivity contribution in [3.05, 3.63) is 63.5 Å². The second kappa shape index (κ2) is 10.1. The van der Waals surface area contributed by atoms with Gasteiger partial charge in [0.05, 0.1) is 16.6 Å². The van der Waals surface area contributed by atoms with Gasteiger partial charge in [0, 0.05) is 16.8 Å². The molecule has 1 aromatic carbocycles. The molecule has 16 heteroatoms. The number of pyridine rings is 1. The molecule has 3 aromatic rings. The maximum atomic E-state index is 13.1. The molecule has 0 aliphatic heterocycles. The van der Waals surface area contributed by atoms with E-state index in [0.717, 1.165) is 10.7 Å². The number of carbonyl (C=O) groups is 1. The van der Waals surface area contributed by atoms with E-state index in [1.54, 1.807) is 0 Å². The SMILES string of the molecule is CC(NC(=O)c1cc(Cl)cc(C(F)(F)F)c1)c1nc(S(=O)CC(F)(F)F)nn1-c1ccc(Cl)cn1. The lowest BCUT2D eigenvalue weighted by molar-refractivity contribution is -0.137. The van der Waals surface area contributed by atoms with Crippen molar-refractivity contribution in [2.45, 2.75) is 30.5 Å². The van der Waals surface area contributed by atoms with Crippen molar-refractivity contribution in [1.29, 1.82) is 0 Å². The molecule has 188 valence electrons. The largest absolute Gasteiger partial charge is 0.416 e. The Labute approximate surface area is 205 Å². The number of aromatic nitrogens is 4. The number of alkyl halides is 6. The normalized spacial score (nSPS) is 14.0. The third kappa shape index (κ3) is 6.92. The Hall–Kier alpha value is -2.71. The van der Waals surface area contributed by atoms with Crippen molar-refractivity contribution in [1.82, 2.24) is 25.1 Å². The number of hydrogen-bond donors (Lipinski definition) is 1. The van der Waals surface area contributed by atoms with Crippen LogP contribution in [0.25, 0.3) is 5.82 Å². The van der Waals surface area contributed by atoms with Crippen LogP contribution in [0, 0.1) is 0 Å². The molecule has 2 aromatic heterocycles. The maximum absolute atomic E-state index is 13.1. The summed E-state index contributed by atoms with van der Waals surface area (Å²) in [5, 5.41) is 5.43. The summed E-state index contributed by atoms with van der Waals surface area (Å²) in [5.74, 6) is -2.86. The summed E-state index contributed by atoms with van der Waals surface area (Å²) in [6, 6.07) is 3.86. The summed E-state index contributed by atoms with van der Waals surface area (Å²) in [6.45, 7) is 1.35. The maximum Gasteiger partial charge on any atom is 0.416 e. The lowest BCUT2D eigenvalue weighted by Crippen LogP contribution is -2.29. The zero-order chi connectivity index (χ0) is 26.1. The second-order valence-electron chi connectivity index (χ2n) is 7.03. The number of carbonyl (C=O) groups excluding carboxylic acids is 1. The van der Waals surface area contributed by atoms with Gasteiger partial charge in [-0.25, -0.2) is 9.97 Å². The van der Waals surface area contributed by atoms with E-state index in [1.165, 1.54) is 25.3 Å². The van der Waals surface area contributed by atoms with Gasteiger partial charge in [0.1, 0.15) is 16.6 Å². The predicted octanol–water partition coefficient (Wildman–Crippen LogP) is 5.15. The third-order valence-corrected chi connectivity index (χ3v) is 5.87. The van der Waals surface area contributed by atoms with Crippen LogP contribution in [0.5, 0.6) is 0 Å². The van der Waals surface area contributed by atoms with Gasteiger partial charge in [-0.3, -0.25) is 9.00 Å². The van der Waals surface area contributed by atoms with Crippen LogP contribution in [0.4, 0.5) is 26.3 Å². The van der Waals surface area contributed by atoms with Gasteiger partial charge in [0.2, 0.25) is 5.16 Å². The van der Waals surface area contributed by atoms with Gasteiger partial charge < -0.3 is 5.32 Å². The second-order valence-corrected chi connectivity index (χ2v) is 9.24. The summed E-state index contributed by atoms with van der Waals surface area (Å²) >= 11 is 11.5. The number of nitrogens with one attached hydrogen (secondary N) is 1. The molecule has 3 rings (SSSR count). The number of halogens is 8. The number of rotatable bonds is 6. The lowest BCUT2D eigenvalue weighted by atomic mass is 10.1. The Bertz CT molecular complexity index is 1260. The summed E-state index contributed by atoms with van der Waals surface area (Å²) in [5.41, 5.74) is -1.57. The van der Waals surface area contributed by atoms with Gasteiger partial charge in [-0.1, -0.05) is 23.2 Å². The molecule has 0 saturated carbocycles. The van der Waals surface area contributed by atoms with Gasteiger partial charge >= 0.3 is 12.4 Å². The first-order valence-electron chi connectivity index (χ1n) is 9.36. The standard InChI is InChI=1S/C19H13Cl2F6N5O2S/c1-9(29-16(33)10-4-11(19(25,26)27)6-13(21)5-10)15-30-17(35(34)8-18(22,23)24)31-32(15)14-3-2-12(20)7-28-14/h2-7,9H,8H2,1H3,(H,29,33). The van der Waals surface area contributed by atoms with Crippen molar-refractivity contribution < 1.29 is 35.3 Å². The Morgan fingerprint density at radius 2 is 1.80 bits per heavy atom. The van der Waals surface area contributed by atoms with E-state index in [2.05, 4.69) is 20.4 Å². The molecule has 0 aliphatic carbocycles. The van der Waals surface area contributed by atoms with Gasteiger partial charge in [-0.05, 0) is 37.3 Å². The van der Waals surface area contributed by atoms with E-state index < -0.39 is 57.1 Å². The highest BCUT2D eigenvalue weighted by Gasteiger charge is 2.34. The van der Waals surface area contributed by atoms with Crippen molar-refractivity contribution >= 4 is 39.9 Å². The minimum Gasteiger partial charge on any atom is -0.342 e. The Morgan fingerprint density at radius 3 is 2.37 bits per heavy atom. The number of hydrogen-bond acceptors (Lipinski definition) is 5. The van der Waals surface area contributed by atoms with E-state index in [9.17, 15) is 35.3 Å². The van der Waals surface area contributed by atoms with Gasteiger partial charge in [-0.2, -0.15) is 31.0 Å². The predicted molar refractivity (Wildman–Crippen MR) is 114 cm³/mol. The molecule has 0 saturated heterocycles. The zero-order valence-electron chi connectivity index (χ0n) is 17.3. The monoisotopic (exact) mass is 559 g/mol. The van der Waals surface area contributed by atoms with Crippen LogP contribution in [0.2, 0.25) is 10.0 Å². The van der Waals surface area contributed by atoms with Crippen LogP contribution >= 0.6 is 23.2 Å². The lowest BCUT2D eigenvalue weighted by Gasteiger charge is -2.15. The van der Waals surface area contributed by atoms with E-state index >= 15 is 0 Å². The highest BCUT2D eigenvalue weighted by molar-refractivity contribution is 7.84. The summed E-state index contributed by atoms with van der Waals surface area (Å²) in [7, 11) is -2.68. The van der Waals surface area contributed by atoms with Crippen LogP contribution in [0.15, 0.2) is 41.7 Å². The molecule has 0 aliphatic rings. The van der Waals surface area contributed by atoms with E-state index in [1.807, 2.05) is 0 Å². The van der Waals surface area contributed by atoms with Gasteiger partial charge in [-0.15, -0.1) is 5.10 Å². The van der Waals surface area contributed by atoms with Crippen LogP contribution in [-0.2, 0) is 17.0 Å². The van der Waals surface area contributed by atoms with Crippen LogP contribution < -0.4 is 5.32 Å². The summed E-state index contributed by atoms with van der Waals surface area (Å²) in [4.78, 5) is 20.5. The summed E-state index contributed by atoms with van der Waals surface area (Å²) in [6.07, 6.45) is -8.32. The summed E-state index contributed by atoms with van der Waals surface area (Å²) < 4.78 is 90.4. The zero-order valence-corrected chi connectivity index (χ0v) is 19.6. The van der Waals surface area contributed by atoms with E-state index in [4.69, 9.17) is 23.2 Å². The number of benzene rings is 1. The molecule has 0 bridgehead atoms. The fraction of sp³-hybridized carbons (Fsp3) is 0.263. The highest BCUT2D eigenvalue weighted by atomic mass is 35.5. The molecule has 0 fully saturated rings. The first-order chi connectivity index (χ1) is 16.1. The molecular formula is C19H13Cl2F6N5O2S. The number of amides is 1. The average molecular weight is 560 g/mol. The van der Waals surface area contributed by atoms with Crippen molar-refractivity contribution in [3.8, 4) is 5.82 Å². The van der Waals surface area contributed by atoms with E-state index in [0.29, 0.717) is 12.1 Å². The minimum absolute atomic E-state index is 0.0235. The molecule has 7 nitrogen and oxygen atoms in total. The smallest absolute Gasteiger partial charge is 0.342 e. The molecule has 1 N–H and O–H groups in total. The van der Waals surface area contributed by atoms with Crippen molar-refractivity contribution in [3.63, 3.8) is 0 Å². The molecule has 2 atom stereocenters. The van der Waals surface area contributed by atoms with Crippen molar-refractivity contribution in [2.75, 3.05) is 5.75 Å². The van der Waals surface area contributed by atoms with Gasteiger partial charge in [0.25, 0.3) is 5.91 Å². The van der Waals surface area contributed by atoms with Crippen LogP contribution in [0.3, 0.4) is 0 Å². The van der Waals surface area contributed by atoms with E-state index in [-0.39, 0.29) is 21.7 Å². The Morgan fingerprint density at radius 1 is 1.11 bits per heavy atom. The molecule has 35 heavy (non-hydrogen) atoms. The molecule has 0 spiro atoms. The van der Waals surface area contributed by atoms with Gasteiger partial charge in [0.15, 0.2) is 11.6 Å². The third-order valence-electron chi connectivity index (χ3n) is 4.26. The fourth-order valence-corrected chi connectivity index (χ4v) is 3.93. The Kier molecular flexibility index (Phi) is 7.77. The molecule has 0 radical (unpaired) electrons. The highest BCUT2D eigenvalue weighted by Crippen LogP contribution is 2.32. The quantitative estimate of drug-likeness (QED) is 0.422. The van der Waals surface area contributed by atoms with Crippen molar-refractivity contribution in [2.24, 2.45) is 0 Å². The minimum atomic E-state index is -4.77. The molecule has 2 heterocycles. The first kappa shape index (κ1) is 26.9.